The summed E-state index contributed by atoms with van der Waals surface area (Å²) < 4.78 is 0. The van der Waals surface area contributed by atoms with Gasteiger partial charge in [0.1, 0.15) is 0 Å². The highest BCUT2D eigenvalue weighted by atomic mass is 35.5. The number of hydrogen-bond acceptors (Lipinski definition) is 3. The Morgan fingerprint density at radius 1 is 1.17 bits per heavy atom. The lowest BCUT2D eigenvalue weighted by atomic mass is 10.0. The van der Waals surface area contributed by atoms with Gasteiger partial charge in [-0.15, -0.1) is 12.4 Å². The predicted octanol–water partition coefficient (Wildman–Crippen LogP) is 1.23. The second-order valence-electron chi connectivity index (χ2n) is 5.46. The van der Waals surface area contributed by atoms with E-state index in [1.165, 1.54) is 6.42 Å². The number of carbonyl (C=O) groups excluding carboxylic acids is 1. The molecule has 2 atom stereocenters. The van der Waals surface area contributed by atoms with Gasteiger partial charge in [-0.3, -0.25) is 9.69 Å². The van der Waals surface area contributed by atoms with Crippen molar-refractivity contribution < 1.29 is 4.79 Å². The van der Waals surface area contributed by atoms with Crippen LogP contribution in [0.2, 0.25) is 0 Å². The summed E-state index contributed by atoms with van der Waals surface area (Å²) in [6.07, 6.45) is 5.82. The van der Waals surface area contributed by atoms with Gasteiger partial charge in [0, 0.05) is 25.7 Å². The van der Waals surface area contributed by atoms with Crippen LogP contribution in [0.5, 0.6) is 0 Å². The zero-order valence-corrected chi connectivity index (χ0v) is 12.1. The van der Waals surface area contributed by atoms with Crippen LogP contribution in [0, 0.1) is 0 Å². The molecule has 0 aromatic rings. The zero-order valence-electron chi connectivity index (χ0n) is 11.3. The Labute approximate surface area is 116 Å². The SMILES string of the molecule is CC(C(=O)N1CCCCC1)N1CCCC(N)C1.Cl. The number of halogens is 1. The van der Waals surface area contributed by atoms with Crippen LogP contribution in [0.25, 0.3) is 0 Å². The van der Waals surface area contributed by atoms with E-state index in [1.54, 1.807) is 0 Å². The quantitative estimate of drug-likeness (QED) is 0.825. The van der Waals surface area contributed by atoms with E-state index in [0.717, 1.165) is 51.9 Å². The predicted molar refractivity (Wildman–Crippen MR) is 75.9 cm³/mol. The van der Waals surface area contributed by atoms with Gasteiger partial charge in [-0.25, -0.2) is 0 Å². The molecule has 4 nitrogen and oxygen atoms in total. The summed E-state index contributed by atoms with van der Waals surface area (Å²) in [4.78, 5) is 16.6. The van der Waals surface area contributed by atoms with Gasteiger partial charge in [0.15, 0.2) is 0 Å². The summed E-state index contributed by atoms with van der Waals surface area (Å²) in [6.45, 7) is 5.83. The molecule has 0 aromatic heterocycles. The second-order valence-corrected chi connectivity index (χ2v) is 5.46. The smallest absolute Gasteiger partial charge is 0.239 e. The molecule has 2 N–H and O–H groups in total. The molecule has 2 aliphatic heterocycles. The van der Waals surface area contributed by atoms with Crippen LogP contribution >= 0.6 is 12.4 Å². The lowest BCUT2D eigenvalue weighted by molar-refractivity contribution is -0.137. The van der Waals surface area contributed by atoms with Gasteiger partial charge in [0.25, 0.3) is 0 Å². The van der Waals surface area contributed by atoms with Crippen molar-refractivity contribution in [2.75, 3.05) is 26.2 Å². The molecule has 2 unspecified atom stereocenters. The maximum absolute atomic E-state index is 12.3. The normalized spacial score (nSPS) is 27.4. The zero-order chi connectivity index (χ0) is 12.3. The van der Waals surface area contributed by atoms with Crippen LogP contribution in [0.3, 0.4) is 0 Å². The molecule has 0 saturated carbocycles. The Morgan fingerprint density at radius 3 is 2.44 bits per heavy atom. The maximum Gasteiger partial charge on any atom is 0.239 e. The number of likely N-dealkylation sites (tertiary alicyclic amines) is 2. The van der Waals surface area contributed by atoms with Gasteiger partial charge in [0.05, 0.1) is 6.04 Å². The van der Waals surface area contributed by atoms with Gasteiger partial charge >= 0.3 is 0 Å². The fourth-order valence-electron chi connectivity index (χ4n) is 2.93. The number of amides is 1. The molecule has 1 amide bonds. The van der Waals surface area contributed by atoms with Crippen molar-refractivity contribution >= 4 is 18.3 Å². The second kappa shape index (κ2) is 7.31. The number of piperidine rings is 2. The Kier molecular flexibility index (Phi) is 6.39. The van der Waals surface area contributed by atoms with E-state index < -0.39 is 0 Å². The van der Waals surface area contributed by atoms with E-state index in [-0.39, 0.29) is 24.5 Å². The number of hydrogen-bond donors (Lipinski definition) is 1. The molecule has 2 fully saturated rings. The summed E-state index contributed by atoms with van der Waals surface area (Å²) in [7, 11) is 0. The van der Waals surface area contributed by atoms with Crippen LogP contribution in [0.4, 0.5) is 0 Å². The number of rotatable bonds is 2. The molecule has 0 aliphatic carbocycles. The van der Waals surface area contributed by atoms with Crippen molar-refractivity contribution in [2.45, 2.75) is 51.1 Å². The molecule has 106 valence electrons. The first kappa shape index (κ1) is 15.7. The average Bonchev–Trinajstić information content (AvgIpc) is 2.38. The maximum atomic E-state index is 12.3. The standard InChI is InChI=1S/C13H25N3O.ClH/c1-11(16-9-5-6-12(14)10-16)13(17)15-7-3-2-4-8-15;/h11-12H,2-10,14H2,1H3;1H. The van der Waals surface area contributed by atoms with Crippen molar-refractivity contribution in [2.24, 2.45) is 5.73 Å². The Balaban J connectivity index is 0.00000162. The first-order valence-electron chi connectivity index (χ1n) is 6.97. The van der Waals surface area contributed by atoms with Gasteiger partial charge in [-0.2, -0.15) is 0 Å². The van der Waals surface area contributed by atoms with E-state index in [4.69, 9.17) is 5.73 Å². The van der Waals surface area contributed by atoms with Crippen LogP contribution in [-0.2, 0) is 4.79 Å². The third kappa shape index (κ3) is 3.84. The molecular formula is C13H26ClN3O. The van der Waals surface area contributed by atoms with Gasteiger partial charge < -0.3 is 10.6 Å². The number of nitrogens with two attached hydrogens (primary N) is 1. The molecule has 18 heavy (non-hydrogen) atoms. The van der Waals surface area contributed by atoms with Crippen LogP contribution < -0.4 is 5.73 Å². The Bertz CT molecular complexity index is 269. The lowest BCUT2D eigenvalue weighted by Gasteiger charge is -2.38. The first-order valence-corrected chi connectivity index (χ1v) is 6.97. The van der Waals surface area contributed by atoms with Crippen molar-refractivity contribution in [1.82, 2.24) is 9.80 Å². The molecule has 2 saturated heterocycles. The van der Waals surface area contributed by atoms with Crippen LogP contribution in [0.1, 0.15) is 39.0 Å². The average molecular weight is 276 g/mol. The fourth-order valence-corrected chi connectivity index (χ4v) is 2.93. The minimum absolute atomic E-state index is 0. The summed E-state index contributed by atoms with van der Waals surface area (Å²) in [5.74, 6) is 0.304. The molecule has 5 heteroatoms. The summed E-state index contributed by atoms with van der Waals surface area (Å²) in [5.41, 5.74) is 5.97. The van der Waals surface area contributed by atoms with Crippen LogP contribution in [-0.4, -0.2) is 54.0 Å². The molecule has 0 aromatic carbocycles. The van der Waals surface area contributed by atoms with Crippen molar-refractivity contribution in [1.29, 1.82) is 0 Å². The van der Waals surface area contributed by atoms with Crippen LogP contribution in [0.15, 0.2) is 0 Å². The van der Waals surface area contributed by atoms with E-state index in [2.05, 4.69) is 4.90 Å². The third-order valence-electron chi connectivity index (χ3n) is 4.06. The molecule has 0 spiro atoms. The summed E-state index contributed by atoms with van der Waals surface area (Å²) >= 11 is 0. The molecule has 2 rings (SSSR count). The van der Waals surface area contributed by atoms with E-state index in [0.29, 0.717) is 5.91 Å². The number of nitrogens with zero attached hydrogens (tertiary/aromatic N) is 2. The molecule has 2 aliphatic rings. The highest BCUT2D eigenvalue weighted by Crippen LogP contribution is 2.16. The molecular weight excluding hydrogens is 250 g/mol. The van der Waals surface area contributed by atoms with E-state index in [9.17, 15) is 4.79 Å². The monoisotopic (exact) mass is 275 g/mol. The number of carbonyl (C=O) groups is 1. The van der Waals surface area contributed by atoms with E-state index in [1.807, 2.05) is 11.8 Å². The summed E-state index contributed by atoms with van der Waals surface area (Å²) in [6, 6.07) is 0.264. The van der Waals surface area contributed by atoms with Gasteiger partial charge in [-0.05, 0) is 45.6 Å². The minimum atomic E-state index is 0. The molecule has 0 radical (unpaired) electrons. The van der Waals surface area contributed by atoms with Gasteiger partial charge in [0.2, 0.25) is 5.91 Å². The largest absolute Gasteiger partial charge is 0.341 e. The minimum Gasteiger partial charge on any atom is -0.341 e. The Morgan fingerprint density at radius 2 is 1.83 bits per heavy atom. The topological polar surface area (TPSA) is 49.6 Å². The Hall–Kier alpha value is -0.320. The molecule has 0 bridgehead atoms. The van der Waals surface area contributed by atoms with Crippen molar-refractivity contribution in [3.63, 3.8) is 0 Å². The van der Waals surface area contributed by atoms with Crippen molar-refractivity contribution in [3.05, 3.63) is 0 Å². The summed E-state index contributed by atoms with van der Waals surface area (Å²) in [5, 5.41) is 0. The third-order valence-corrected chi connectivity index (χ3v) is 4.06. The first-order chi connectivity index (χ1) is 8.18. The van der Waals surface area contributed by atoms with E-state index >= 15 is 0 Å². The lowest BCUT2D eigenvalue weighted by Crippen LogP contribution is -2.53. The fraction of sp³-hybridized carbons (Fsp3) is 0.923. The highest BCUT2D eigenvalue weighted by molar-refractivity contribution is 5.85. The van der Waals surface area contributed by atoms with Gasteiger partial charge in [-0.1, -0.05) is 0 Å². The van der Waals surface area contributed by atoms with Crippen molar-refractivity contribution in [3.8, 4) is 0 Å². The highest BCUT2D eigenvalue weighted by Gasteiger charge is 2.29. The molecule has 2 heterocycles.